The summed E-state index contributed by atoms with van der Waals surface area (Å²) in [5.41, 5.74) is -0.0177. The molecule has 128 valence electrons. The summed E-state index contributed by atoms with van der Waals surface area (Å²) in [6.07, 6.45) is 6.12. The Bertz CT molecular complexity index is 689. The van der Waals surface area contributed by atoms with E-state index in [4.69, 9.17) is 0 Å². The first kappa shape index (κ1) is 16.4. The predicted molar refractivity (Wildman–Crippen MR) is 88.4 cm³/mol. The second kappa shape index (κ2) is 6.96. The Morgan fingerprint density at radius 2 is 2.21 bits per heavy atom. The molecule has 1 atom stereocenters. The summed E-state index contributed by atoms with van der Waals surface area (Å²) in [4.78, 5) is 22.3. The molecule has 1 fully saturated rings. The van der Waals surface area contributed by atoms with Crippen LogP contribution in [0.2, 0.25) is 0 Å². The summed E-state index contributed by atoms with van der Waals surface area (Å²) in [5, 5.41) is 17.7. The minimum atomic E-state index is -0.947. The van der Waals surface area contributed by atoms with Gasteiger partial charge in [0.2, 0.25) is 11.9 Å². The number of hydrogen-bond acceptors (Lipinski definition) is 6. The fourth-order valence-electron chi connectivity index (χ4n) is 2.78. The molecular weight excluding hydrogens is 308 g/mol. The average molecular weight is 330 g/mol. The molecule has 0 aromatic carbocycles. The molecule has 1 saturated heterocycles. The average Bonchev–Trinajstić information content (AvgIpc) is 3.18. The molecule has 8 nitrogen and oxygen atoms in total. The van der Waals surface area contributed by atoms with E-state index in [0.29, 0.717) is 38.4 Å². The van der Waals surface area contributed by atoms with Crippen LogP contribution in [-0.2, 0) is 11.3 Å². The van der Waals surface area contributed by atoms with Gasteiger partial charge in [0.05, 0.1) is 12.2 Å². The molecule has 0 radical (unpaired) electrons. The molecule has 0 saturated carbocycles. The molecule has 1 amide bonds. The van der Waals surface area contributed by atoms with Crippen molar-refractivity contribution in [2.45, 2.75) is 31.9 Å². The van der Waals surface area contributed by atoms with E-state index in [2.05, 4.69) is 20.4 Å². The lowest BCUT2D eigenvalue weighted by molar-refractivity contribution is -0.122. The van der Waals surface area contributed by atoms with Crippen LogP contribution >= 0.6 is 0 Å². The predicted octanol–water partition coefficient (Wildman–Crippen LogP) is 0.129. The molecule has 3 rings (SSSR count). The van der Waals surface area contributed by atoms with Crippen molar-refractivity contribution in [2.24, 2.45) is 0 Å². The number of amides is 1. The molecule has 1 aliphatic rings. The molecule has 2 aromatic rings. The molecule has 0 bridgehead atoms. The lowest BCUT2D eigenvalue weighted by atomic mass is 10.0. The molecule has 8 heteroatoms. The summed E-state index contributed by atoms with van der Waals surface area (Å²) >= 11 is 0. The van der Waals surface area contributed by atoms with E-state index in [9.17, 15) is 9.90 Å². The number of aliphatic hydroxyl groups is 1. The molecule has 24 heavy (non-hydrogen) atoms. The summed E-state index contributed by atoms with van der Waals surface area (Å²) in [6.45, 7) is 3.75. The Morgan fingerprint density at radius 1 is 1.42 bits per heavy atom. The van der Waals surface area contributed by atoms with E-state index in [1.807, 2.05) is 24.1 Å². The molecule has 0 spiro atoms. The van der Waals surface area contributed by atoms with Crippen LogP contribution in [0.4, 0.5) is 5.95 Å². The normalized spacial score (nSPS) is 20.3. The maximum atomic E-state index is 12.0. The van der Waals surface area contributed by atoms with Gasteiger partial charge in [0.15, 0.2) is 0 Å². The van der Waals surface area contributed by atoms with Gasteiger partial charge in [-0.15, -0.1) is 0 Å². The number of aromatic nitrogens is 4. The first-order valence-electron chi connectivity index (χ1n) is 8.05. The van der Waals surface area contributed by atoms with Gasteiger partial charge in [-0.05, 0) is 25.5 Å². The highest BCUT2D eigenvalue weighted by Gasteiger charge is 2.37. The van der Waals surface area contributed by atoms with Crippen LogP contribution < -0.4 is 10.2 Å². The zero-order chi connectivity index (χ0) is 17.0. The Kier molecular flexibility index (Phi) is 4.75. The van der Waals surface area contributed by atoms with Crippen molar-refractivity contribution in [1.82, 2.24) is 25.1 Å². The highest BCUT2D eigenvalue weighted by molar-refractivity contribution is 5.75. The van der Waals surface area contributed by atoms with Crippen LogP contribution in [0.3, 0.4) is 0 Å². The van der Waals surface area contributed by atoms with Crippen molar-refractivity contribution >= 4 is 11.9 Å². The fraction of sp³-hybridized carbons (Fsp3) is 0.500. The summed E-state index contributed by atoms with van der Waals surface area (Å²) in [7, 11) is 0. The van der Waals surface area contributed by atoms with Crippen LogP contribution in [0.5, 0.6) is 0 Å². The minimum Gasteiger partial charge on any atom is -0.386 e. The van der Waals surface area contributed by atoms with Gasteiger partial charge < -0.3 is 15.3 Å². The topological polar surface area (TPSA) is 96.2 Å². The van der Waals surface area contributed by atoms with Gasteiger partial charge in [0.25, 0.3) is 0 Å². The van der Waals surface area contributed by atoms with Gasteiger partial charge in [0.1, 0.15) is 5.60 Å². The van der Waals surface area contributed by atoms with E-state index in [1.165, 1.54) is 0 Å². The third-order valence-corrected chi connectivity index (χ3v) is 4.12. The molecule has 1 aliphatic heterocycles. The Morgan fingerprint density at radius 3 is 2.92 bits per heavy atom. The number of nitrogens with zero attached hydrogens (tertiary/aromatic N) is 5. The first-order chi connectivity index (χ1) is 11.5. The number of β-amino-alcohol motifs (C(OH)–C–C–N with tert-alkyl or cyclic N) is 1. The number of rotatable bonds is 6. The number of aryl methyl sites for hydroxylation is 2. The second-order valence-corrected chi connectivity index (χ2v) is 6.19. The zero-order valence-corrected chi connectivity index (χ0v) is 13.7. The van der Waals surface area contributed by atoms with Gasteiger partial charge in [-0.25, -0.2) is 9.97 Å². The van der Waals surface area contributed by atoms with Gasteiger partial charge in [0, 0.05) is 44.6 Å². The van der Waals surface area contributed by atoms with E-state index in [1.54, 1.807) is 23.1 Å². The van der Waals surface area contributed by atoms with Gasteiger partial charge in [-0.1, -0.05) is 0 Å². The van der Waals surface area contributed by atoms with Crippen molar-refractivity contribution < 1.29 is 9.90 Å². The number of hydrogen-bond donors (Lipinski definition) is 2. The van der Waals surface area contributed by atoms with Gasteiger partial charge >= 0.3 is 0 Å². The van der Waals surface area contributed by atoms with Crippen LogP contribution in [0.1, 0.15) is 18.5 Å². The lowest BCUT2D eigenvalue weighted by Gasteiger charge is -2.23. The van der Waals surface area contributed by atoms with E-state index in [-0.39, 0.29) is 12.5 Å². The Labute approximate surface area is 140 Å². The van der Waals surface area contributed by atoms with Crippen LogP contribution in [0.15, 0.2) is 30.7 Å². The van der Waals surface area contributed by atoms with E-state index in [0.717, 1.165) is 5.69 Å². The molecule has 2 aromatic heterocycles. The number of nitrogens with one attached hydrogen (secondary N) is 1. The third-order valence-electron chi connectivity index (χ3n) is 4.12. The van der Waals surface area contributed by atoms with Crippen LogP contribution in [-0.4, -0.2) is 56.0 Å². The monoisotopic (exact) mass is 330 g/mol. The Hall–Kier alpha value is -2.48. The Balaban J connectivity index is 1.45. The van der Waals surface area contributed by atoms with Crippen molar-refractivity contribution in [2.75, 3.05) is 24.5 Å². The third kappa shape index (κ3) is 4.08. The minimum absolute atomic E-state index is 0.0917. The largest absolute Gasteiger partial charge is 0.386 e. The van der Waals surface area contributed by atoms with Crippen molar-refractivity contribution in [3.05, 3.63) is 36.4 Å². The number of anilines is 1. The maximum Gasteiger partial charge on any atom is 0.225 e. The van der Waals surface area contributed by atoms with Crippen LogP contribution in [0.25, 0.3) is 0 Å². The molecule has 0 unspecified atom stereocenters. The molecule has 0 aliphatic carbocycles. The van der Waals surface area contributed by atoms with Gasteiger partial charge in [-0.2, -0.15) is 5.10 Å². The second-order valence-electron chi connectivity index (χ2n) is 6.19. The number of carbonyl (C=O) groups is 1. The van der Waals surface area contributed by atoms with Crippen molar-refractivity contribution in [1.29, 1.82) is 0 Å². The van der Waals surface area contributed by atoms with Crippen molar-refractivity contribution in [3.63, 3.8) is 0 Å². The summed E-state index contributed by atoms with van der Waals surface area (Å²) < 4.78 is 1.74. The van der Waals surface area contributed by atoms with Crippen LogP contribution in [0, 0.1) is 6.92 Å². The standard InChI is InChI=1S/C16H22N6O2/c1-13-3-8-22(20-13)9-4-14(23)19-11-16(24)5-10-21(12-16)15-17-6-2-7-18-15/h2-3,6-8,24H,4-5,9-12H2,1H3,(H,19,23)/t16-/m1/s1. The smallest absolute Gasteiger partial charge is 0.225 e. The highest BCUT2D eigenvalue weighted by atomic mass is 16.3. The fourth-order valence-corrected chi connectivity index (χ4v) is 2.78. The molecular formula is C16H22N6O2. The van der Waals surface area contributed by atoms with E-state index >= 15 is 0 Å². The van der Waals surface area contributed by atoms with E-state index < -0.39 is 5.60 Å². The van der Waals surface area contributed by atoms with Gasteiger partial charge in [-0.3, -0.25) is 9.48 Å². The first-order valence-corrected chi connectivity index (χ1v) is 8.05. The highest BCUT2D eigenvalue weighted by Crippen LogP contribution is 2.23. The molecule has 2 N–H and O–H groups in total. The maximum absolute atomic E-state index is 12.0. The SMILES string of the molecule is Cc1ccn(CCC(=O)NC[C@]2(O)CCN(c3ncccn3)C2)n1. The summed E-state index contributed by atoms with van der Waals surface area (Å²) in [6, 6.07) is 3.66. The summed E-state index contributed by atoms with van der Waals surface area (Å²) in [5.74, 6) is 0.514. The quantitative estimate of drug-likeness (QED) is 0.781. The van der Waals surface area contributed by atoms with Crippen molar-refractivity contribution in [3.8, 4) is 0 Å². The molecule has 3 heterocycles. The number of carbonyl (C=O) groups excluding carboxylic acids is 1. The lowest BCUT2D eigenvalue weighted by Crippen LogP contribution is -2.45. The zero-order valence-electron chi connectivity index (χ0n) is 13.7.